The van der Waals surface area contributed by atoms with Gasteiger partial charge in [0.2, 0.25) is 5.91 Å². The van der Waals surface area contributed by atoms with Crippen LogP contribution in [0.2, 0.25) is 0 Å². The van der Waals surface area contributed by atoms with Crippen LogP contribution in [0.15, 0.2) is 0 Å². The number of carbonyl (C=O) groups is 1. The van der Waals surface area contributed by atoms with E-state index >= 15 is 0 Å². The van der Waals surface area contributed by atoms with E-state index in [1.54, 1.807) is 0 Å². The molecule has 2 heterocycles. The second-order valence-corrected chi connectivity index (χ2v) is 5.57. The van der Waals surface area contributed by atoms with Gasteiger partial charge in [-0.2, -0.15) is 11.8 Å². The van der Waals surface area contributed by atoms with Crippen molar-refractivity contribution in [3.8, 4) is 0 Å². The molecule has 0 spiro atoms. The standard InChI is InChI=1S/C11H20N2O2S/c1-13(9-2-5-16-8-9)11(14)6-10-7-12-3-4-15-10/h9-10,12H,2-8H2,1H3. The second-order valence-electron chi connectivity index (χ2n) is 4.42. The number of morpholine rings is 1. The Balaban J connectivity index is 1.77. The minimum absolute atomic E-state index is 0.0674. The Morgan fingerprint density at radius 2 is 2.50 bits per heavy atom. The van der Waals surface area contributed by atoms with Gasteiger partial charge in [-0.25, -0.2) is 0 Å². The predicted molar refractivity (Wildman–Crippen MR) is 65.7 cm³/mol. The van der Waals surface area contributed by atoms with E-state index in [-0.39, 0.29) is 12.0 Å². The summed E-state index contributed by atoms with van der Waals surface area (Å²) in [6.07, 6.45) is 1.72. The van der Waals surface area contributed by atoms with E-state index in [0.29, 0.717) is 12.5 Å². The van der Waals surface area contributed by atoms with Gasteiger partial charge in [0.15, 0.2) is 0 Å². The molecule has 0 aromatic heterocycles. The molecule has 5 heteroatoms. The van der Waals surface area contributed by atoms with Gasteiger partial charge in [-0.05, 0) is 12.2 Å². The molecule has 0 radical (unpaired) electrons. The predicted octanol–water partition coefficient (Wildman–Crippen LogP) is 0.329. The number of rotatable bonds is 3. The number of ether oxygens (including phenoxy) is 1. The summed E-state index contributed by atoms with van der Waals surface area (Å²) in [6.45, 7) is 2.43. The average molecular weight is 244 g/mol. The van der Waals surface area contributed by atoms with Gasteiger partial charge in [0, 0.05) is 31.9 Å². The lowest BCUT2D eigenvalue weighted by Crippen LogP contribution is -2.44. The summed E-state index contributed by atoms with van der Waals surface area (Å²) < 4.78 is 5.55. The van der Waals surface area contributed by atoms with Gasteiger partial charge in [0.25, 0.3) is 0 Å². The molecule has 0 bridgehead atoms. The molecule has 0 saturated carbocycles. The normalized spacial score (nSPS) is 30.3. The van der Waals surface area contributed by atoms with Crippen molar-refractivity contribution >= 4 is 17.7 Å². The van der Waals surface area contributed by atoms with Crippen molar-refractivity contribution in [3.63, 3.8) is 0 Å². The first-order chi connectivity index (χ1) is 7.77. The first kappa shape index (κ1) is 12.2. The zero-order valence-corrected chi connectivity index (χ0v) is 10.6. The summed E-state index contributed by atoms with van der Waals surface area (Å²) in [5.74, 6) is 2.50. The highest BCUT2D eigenvalue weighted by Gasteiger charge is 2.26. The monoisotopic (exact) mass is 244 g/mol. The van der Waals surface area contributed by atoms with Crippen LogP contribution in [0.25, 0.3) is 0 Å². The Kier molecular flexibility index (Phi) is 4.49. The molecule has 16 heavy (non-hydrogen) atoms. The highest BCUT2D eigenvalue weighted by Crippen LogP contribution is 2.22. The number of nitrogens with one attached hydrogen (secondary N) is 1. The molecule has 2 fully saturated rings. The number of carbonyl (C=O) groups excluding carboxylic acids is 1. The number of hydrogen-bond acceptors (Lipinski definition) is 4. The molecule has 2 atom stereocenters. The summed E-state index contributed by atoms with van der Waals surface area (Å²) >= 11 is 1.94. The van der Waals surface area contributed by atoms with Crippen LogP contribution in [-0.4, -0.2) is 61.2 Å². The molecule has 0 aromatic rings. The van der Waals surface area contributed by atoms with Crippen molar-refractivity contribution in [2.75, 3.05) is 38.2 Å². The Hall–Kier alpha value is -0.260. The highest BCUT2D eigenvalue weighted by atomic mass is 32.2. The Morgan fingerprint density at radius 1 is 1.62 bits per heavy atom. The molecule has 2 unspecified atom stereocenters. The van der Waals surface area contributed by atoms with Crippen molar-refractivity contribution in [3.05, 3.63) is 0 Å². The van der Waals surface area contributed by atoms with Crippen LogP contribution in [0.5, 0.6) is 0 Å². The van der Waals surface area contributed by atoms with Crippen LogP contribution < -0.4 is 5.32 Å². The molecule has 92 valence electrons. The van der Waals surface area contributed by atoms with E-state index in [4.69, 9.17) is 4.74 Å². The summed E-state index contributed by atoms with van der Waals surface area (Å²) in [4.78, 5) is 13.9. The van der Waals surface area contributed by atoms with Crippen molar-refractivity contribution in [2.24, 2.45) is 0 Å². The van der Waals surface area contributed by atoms with Crippen molar-refractivity contribution in [2.45, 2.75) is 25.0 Å². The molecule has 1 amide bonds. The quantitative estimate of drug-likeness (QED) is 0.777. The number of thioether (sulfide) groups is 1. The molecule has 1 N–H and O–H groups in total. The van der Waals surface area contributed by atoms with Gasteiger partial charge >= 0.3 is 0 Å². The first-order valence-corrected chi connectivity index (χ1v) is 7.08. The van der Waals surface area contributed by atoms with Crippen LogP contribution in [-0.2, 0) is 9.53 Å². The summed E-state index contributed by atoms with van der Waals surface area (Å²) in [6, 6.07) is 0.439. The third-order valence-electron chi connectivity index (χ3n) is 3.25. The van der Waals surface area contributed by atoms with E-state index in [1.165, 1.54) is 5.75 Å². The summed E-state index contributed by atoms with van der Waals surface area (Å²) in [7, 11) is 1.93. The first-order valence-electron chi connectivity index (χ1n) is 5.93. The molecule has 2 saturated heterocycles. The lowest BCUT2D eigenvalue weighted by atomic mass is 10.1. The highest BCUT2D eigenvalue weighted by molar-refractivity contribution is 7.99. The second kappa shape index (κ2) is 5.89. The molecule has 2 aliphatic rings. The van der Waals surface area contributed by atoms with Crippen LogP contribution in [0.3, 0.4) is 0 Å². The maximum Gasteiger partial charge on any atom is 0.225 e. The van der Waals surface area contributed by atoms with Crippen LogP contribution in [0, 0.1) is 0 Å². The van der Waals surface area contributed by atoms with Gasteiger partial charge in [-0.15, -0.1) is 0 Å². The molecule has 0 aliphatic carbocycles. The third-order valence-corrected chi connectivity index (χ3v) is 4.40. The van der Waals surface area contributed by atoms with Crippen molar-refractivity contribution in [1.82, 2.24) is 10.2 Å². The lowest BCUT2D eigenvalue weighted by Gasteiger charge is -2.28. The topological polar surface area (TPSA) is 41.6 Å². The van der Waals surface area contributed by atoms with Crippen LogP contribution in [0.1, 0.15) is 12.8 Å². The van der Waals surface area contributed by atoms with E-state index in [9.17, 15) is 4.79 Å². The fourth-order valence-corrected chi connectivity index (χ4v) is 3.39. The summed E-state index contributed by atoms with van der Waals surface area (Å²) in [5.41, 5.74) is 0. The molecular weight excluding hydrogens is 224 g/mol. The molecular formula is C11H20N2O2S. The van der Waals surface area contributed by atoms with Crippen molar-refractivity contribution in [1.29, 1.82) is 0 Å². The maximum absolute atomic E-state index is 12.0. The van der Waals surface area contributed by atoms with E-state index in [2.05, 4.69) is 5.32 Å². The lowest BCUT2D eigenvalue weighted by molar-refractivity contribution is -0.135. The molecule has 4 nitrogen and oxygen atoms in total. The summed E-state index contributed by atoms with van der Waals surface area (Å²) in [5, 5.41) is 3.25. The Labute approximate surface area is 101 Å². The van der Waals surface area contributed by atoms with Gasteiger partial charge < -0.3 is 15.0 Å². The number of amides is 1. The molecule has 2 rings (SSSR count). The van der Waals surface area contributed by atoms with Gasteiger partial charge in [0.05, 0.1) is 19.1 Å². The SMILES string of the molecule is CN(C(=O)CC1CNCCO1)C1CCSC1. The fraction of sp³-hybridized carbons (Fsp3) is 0.909. The largest absolute Gasteiger partial charge is 0.375 e. The molecule has 0 aromatic carbocycles. The average Bonchev–Trinajstić information content (AvgIpc) is 2.83. The van der Waals surface area contributed by atoms with Gasteiger partial charge in [-0.1, -0.05) is 0 Å². The minimum Gasteiger partial charge on any atom is -0.375 e. The fourth-order valence-electron chi connectivity index (χ4n) is 2.12. The maximum atomic E-state index is 12.0. The van der Waals surface area contributed by atoms with Gasteiger partial charge in [-0.3, -0.25) is 4.79 Å². The zero-order valence-electron chi connectivity index (χ0n) is 9.78. The van der Waals surface area contributed by atoms with Crippen LogP contribution in [0.4, 0.5) is 0 Å². The number of hydrogen-bond donors (Lipinski definition) is 1. The van der Waals surface area contributed by atoms with Crippen LogP contribution >= 0.6 is 11.8 Å². The van der Waals surface area contributed by atoms with E-state index < -0.39 is 0 Å². The van der Waals surface area contributed by atoms with Gasteiger partial charge in [0.1, 0.15) is 0 Å². The Bertz CT molecular complexity index is 238. The van der Waals surface area contributed by atoms with E-state index in [1.807, 2.05) is 23.7 Å². The zero-order chi connectivity index (χ0) is 11.4. The number of nitrogens with zero attached hydrogens (tertiary/aromatic N) is 1. The minimum atomic E-state index is 0.0674. The van der Waals surface area contributed by atoms with E-state index in [0.717, 1.165) is 31.9 Å². The third kappa shape index (κ3) is 3.12. The Morgan fingerprint density at radius 3 is 3.12 bits per heavy atom. The van der Waals surface area contributed by atoms with Crippen molar-refractivity contribution < 1.29 is 9.53 Å². The smallest absolute Gasteiger partial charge is 0.225 e. The molecule has 2 aliphatic heterocycles.